The number of ketones is 1. The van der Waals surface area contributed by atoms with Gasteiger partial charge in [-0.3, -0.25) is 9.59 Å². The van der Waals surface area contributed by atoms with Crippen molar-refractivity contribution < 1.29 is 19.4 Å². The molecule has 0 radical (unpaired) electrons. The molecule has 1 heterocycles. The molecule has 0 aromatic heterocycles. The summed E-state index contributed by atoms with van der Waals surface area (Å²) in [5.41, 5.74) is 2.25. The largest absolute Gasteiger partial charge is 0.507 e. The molecule has 0 spiro atoms. The number of rotatable bonds is 10. The van der Waals surface area contributed by atoms with E-state index in [1.807, 2.05) is 38.1 Å². The summed E-state index contributed by atoms with van der Waals surface area (Å²) in [6.07, 6.45) is 0.894. The van der Waals surface area contributed by atoms with E-state index < -0.39 is 17.7 Å². The Morgan fingerprint density at radius 1 is 1.09 bits per heavy atom. The summed E-state index contributed by atoms with van der Waals surface area (Å²) >= 11 is 3.45. The zero-order valence-corrected chi connectivity index (χ0v) is 21.9. The van der Waals surface area contributed by atoms with Gasteiger partial charge in [0, 0.05) is 23.1 Å². The van der Waals surface area contributed by atoms with E-state index in [1.54, 1.807) is 23.1 Å². The van der Waals surface area contributed by atoms with Crippen molar-refractivity contribution in [1.29, 1.82) is 0 Å². The zero-order valence-electron chi connectivity index (χ0n) is 20.3. The summed E-state index contributed by atoms with van der Waals surface area (Å²) in [7, 11) is 0. The molecule has 0 saturated carbocycles. The predicted octanol–water partition coefficient (Wildman–Crippen LogP) is 5.31. The quantitative estimate of drug-likeness (QED) is 0.257. The smallest absolute Gasteiger partial charge is 0.295 e. The maximum absolute atomic E-state index is 13.2. The van der Waals surface area contributed by atoms with Crippen molar-refractivity contribution >= 4 is 33.4 Å². The van der Waals surface area contributed by atoms with Crippen molar-refractivity contribution in [2.45, 2.75) is 40.2 Å². The van der Waals surface area contributed by atoms with Crippen LogP contribution in [0.1, 0.15) is 49.9 Å². The van der Waals surface area contributed by atoms with Crippen LogP contribution in [0.15, 0.2) is 52.5 Å². The Morgan fingerprint density at radius 2 is 1.76 bits per heavy atom. The third kappa shape index (κ3) is 5.53. The number of carbonyl (C=O) groups excluding carboxylic acids is 2. The fourth-order valence-corrected chi connectivity index (χ4v) is 4.48. The maximum atomic E-state index is 13.2. The predicted molar refractivity (Wildman–Crippen MR) is 138 cm³/mol. The third-order valence-electron chi connectivity index (χ3n) is 6.19. The highest BCUT2D eigenvalue weighted by Crippen LogP contribution is 2.40. The molecule has 1 fully saturated rings. The molecule has 1 N–H and O–H groups in total. The number of amides is 1. The van der Waals surface area contributed by atoms with E-state index in [2.05, 4.69) is 34.7 Å². The van der Waals surface area contributed by atoms with Gasteiger partial charge in [-0.2, -0.15) is 0 Å². The number of Topliss-reactive ketones (excluding diaryl/α,β-unsaturated/α-hetero) is 1. The van der Waals surface area contributed by atoms with Crippen LogP contribution in [-0.4, -0.2) is 59.4 Å². The summed E-state index contributed by atoms with van der Waals surface area (Å²) in [6.45, 7) is 11.4. The van der Waals surface area contributed by atoms with Gasteiger partial charge in [-0.05, 0) is 67.9 Å². The molecule has 0 bridgehead atoms. The third-order valence-corrected chi connectivity index (χ3v) is 6.72. The highest BCUT2D eigenvalue weighted by Gasteiger charge is 2.46. The number of ether oxygens (including phenoxy) is 1. The summed E-state index contributed by atoms with van der Waals surface area (Å²) in [4.78, 5) is 30.1. The van der Waals surface area contributed by atoms with E-state index in [0.29, 0.717) is 25.3 Å². The van der Waals surface area contributed by atoms with Gasteiger partial charge in [-0.1, -0.05) is 48.8 Å². The molecule has 182 valence electrons. The molecule has 2 aromatic rings. The number of aryl methyl sites for hydroxylation is 1. The highest BCUT2D eigenvalue weighted by molar-refractivity contribution is 9.10. The topological polar surface area (TPSA) is 70.1 Å². The van der Waals surface area contributed by atoms with Gasteiger partial charge in [0.2, 0.25) is 0 Å². The molecular weight excluding hydrogens is 496 g/mol. The molecule has 2 aromatic carbocycles. The van der Waals surface area contributed by atoms with E-state index in [4.69, 9.17) is 4.74 Å². The number of carbonyl (C=O) groups is 2. The van der Waals surface area contributed by atoms with Crippen molar-refractivity contribution in [1.82, 2.24) is 9.80 Å². The Hall–Kier alpha value is -2.64. The van der Waals surface area contributed by atoms with Crippen molar-refractivity contribution in [3.05, 3.63) is 69.2 Å². The van der Waals surface area contributed by atoms with Gasteiger partial charge in [-0.15, -0.1) is 0 Å². The lowest BCUT2D eigenvalue weighted by molar-refractivity contribution is -0.140. The van der Waals surface area contributed by atoms with E-state index in [9.17, 15) is 14.7 Å². The van der Waals surface area contributed by atoms with Crippen LogP contribution in [0.4, 0.5) is 0 Å². The van der Waals surface area contributed by atoms with Crippen LogP contribution in [0, 0.1) is 6.92 Å². The summed E-state index contributed by atoms with van der Waals surface area (Å²) in [5, 5.41) is 11.3. The maximum Gasteiger partial charge on any atom is 0.295 e. The number of benzene rings is 2. The van der Waals surface area contributed by atoms with Gasteiger partial charge in [0.15, 0.2) is 0 Å². The van der Waals surface area contributed by atoms with Crippen LogP contribution in [-0.2, 0) is 9.59 Å². The normalized spacial score (nSPS) is 17.6. The summed E-state index contributed by atoms with van der Waals surface area (Å²) < 4.78 is 6.64. The molecule has 34 heavy (non-hydrogen) atoms. The van der Waals surface area contributed by atoms with E-state index >= 15 is 0 Å². The molecule has 7 heteroatoms. The number of nitrogens with zero attached hydrogens (tertiary/aromatic N) is 2. The van der Waals surface area contributed by atoms with E-state index in [1.165, 1.54) is 0 Å². The molecular formula is C27H33BrN2O4. The van der Waals surface area contributed by atoms with Crippen LogP contribution in [0.3, 0.4) is 0 Å². The molecule has 0 aliphatic carbocycles. The average Bonchev–Trinajstić information content (AvgIpc) is 3.09. The second kappa shape index (κ2) is 11.7. The van der Waals surface area contributed by atoms with Gasteiger partial charge in [0.05, 0.1) is 18.2 Å². The van der Waals surface area contributed by atoms with Gasteiger partial charge >= 0.3 is 0 Å². The molecule has 1 saturated heterocycles. The number of halogens is 1. The average molecular weight is 529 g/mol. The minimum absolute atomic E-state index is 0.119. The van der Waals surface area contributed by atoms with E-state index in [-0.39, 0.29) is 11.3 Å². The van der Waals surface area contributed by atoms with Gasteiger partial charge in [0.25, 0.3) is 11.7 Å². The SMILES string of the molecule is CCCOc1ccc(/C(O)=C2/C(=O)C(=O)N(CCN(CC)CC)C2c2ccc(Br)cc2)cc1C. The lowest BCUT2D eigenvalue weighted by Crippen LogP contribution is -2.38. The second-order valence-electron chi connectivity index (χ2n) is 8.40. The van der Waals surface area contributed by atoms with Gasteiger partial charge < -0.3 is 19.6 Å². The minimum Gasteiger partial charge on any atom is -0.507 e. The van der Waals surface area contributed by atoms with E-state index in [0.717, 1.165) is 40.9 Å². The molecule has 6 nitrogen and oxygen atoms in total. The first kappa shape index (κ1) is 26.0. The number of aliphatic hydroxyl groups excluding tert-OH is 1. The molecule has 1 aliphatic heterocycles. The Labute approximate surface area is 210 Å². The molecule has 1 aliphatic rings. The Bertz CT molecular complexity index is 1060. The molecule has 1 atom stereocenters. The fraction of sp³-hybridized carbons (Fsp3) is 0.407. The summed E-state index contributed by atoms with van der Waals surface area (Å²) in [5.74, 6) is -0.667. The second-order valence-corrected chi connectivity index (χ2v) is 9.32. The molecule has 1 amide bonds. The number of likely N-dealkylation sites (tertiary alicyclic amines) is 1. The Morgan fingerprint density at radius 3 is 2.35 bits per heavy atom. The fourth-order valence-electron chi connectivity index (χ4n) is 4.22. The monoisotopic (exact) mass is 528 g/mol. The van der Waals surface area contributed by atoms with Crippen LogP contribution < -0.4 is 4.74 Å². The molecule has 3 rings (SSSR count). The van der Waals surface area contributed by atoms with Crippen LogP contribution in [0.5, 0.6) is 5.75 Å². The zero-order chi connectivity index (χ0) is 24.8. The number of aliphatic hydroxyl groups is 1. The first-order valence-corrected chi connectivity index (χ1v) is 12.6. The minimum atomic E-state index is -0.658. The van der Waals surface area contributed by atoms with Crippen molar-refractivity contribution in [2.24, 2.45) is 0 Å². The lowest BCUT2D eigenvalue weighted by atomic mass is 9.95. The van der Waals surface area contributed by atoms with Gasteiger partial charge in [-0.25, -0.2) is 0 Å². The molecule has 1 unspecified atom stereocenters. The van der Waals surface area contributed by atoms with Gasteiger partial charge in [0.1, 0.15) is 11.5 Å². The van der Waals surface area contributed by atoms with Crippen molar-refractivity contribution in [2.75, 3.05) is 32.8 Å². The van der Waals surface area contributed by atoms with Crippen molar-refractivity contribution in [3.8, 4) is 5.75 Å². The summed E-state index contributed by atoms with van der Waals surface area (Å²) in [6, 6.07) is 12.2. The standard InChI is InChI=1S/C27H33BrN2O4/c1-5-16-34-22-13-10-20(17-18(22)4)25(31)23-24(19-8-11-21(28)12-9-19)30(27(33)26(23)32)15-14-29(6-2)7-3/h8-13,17,24,31H,5-7,14-16H2,1-4H3/b25-23-. The van der Waals surface area contributed by atoms with Crippen LogP contribution >= 0.6 is 15.9 Å². The van der Waals surface area contributed by atoms with Crippen LogP contribution in [0.2, 0.25) is 0 Å². The number of hydrogen-bond donors (Lipinski definition) is 1. The Balaban J connectivity index is 2.06. The highest BCUT2D eigenvalue weighted by atomic mass is 79.9. The first-order chi connectivity index (χ1) is 16.3. The first-order valence-electron chi connectivity index (χ1n) is 11.8. The van der Waals surface area contributed by atoms with Crippen molar-refractivity contribution in [3.63, 3.8) is 0 Å². The number of hydrogen-bond acceptors (Lipinski definition) is 5. The number of likely N-dealkylation sites (N-methyl/N-ethyl adjacent to an activating group) is 1. The van der Waals surface area contributed by atoms with Crippen LogP contribution in [0.25, 0.3) is 5.76 Å². The lowest BCUT2D eigenvalue weighted by Gasteiger charge is -2.28. The Kier molecular flexibility index (Phi) is 8.91.